The molecule has 1 heterocycles. The van der Waals surface area contributed by atoms with Crippen LogP contribution in [-0.2, 0) is 16.3 Å². The van der Waals surface area contributed by atoms with Crippen molar-refractivity contribution in [2.24, 2.45) is 5.73 Å². The summed E-state index contributed by atoms with van der Waals surface area (Å²) in [6.45, 7) is 0.658. The van der Waals surface area contributed by atoms with Gasteiger partial charge in [-0.2, -0.15) is 15.0 Å². The first-order valence-electron chi connectivity index (χ1n) is 8.27. The second-order valence-corrected chi connectivity index (χ2v) is 8.72. The number of benzene rings is 2. The van der Waals surface area contributed by atoms with E-state index in [0.29, 0.717) is 18.0 Å². The fourth-order valence-electron chi connectivity index (χ4n) is 1.88. The highest BCUT2D eigenvalue weighted by atomic mass is 35.5. The third-order valence-corrected chi connectivity index (χ3v) is 4.83. The molecular weight excluding hydrogens is 473 g/mol. The SMILES string of the molecule is CS(=O)(=O)c1cccc(N)c1.Clc1nc(Cl)nc(Cl)n1.NCCc1ccc(O)cc1. The molecule has 0 aliphatic rings. The highest BCUT2D eigenvalue weighted by molar-refractivity contribution is 7.90. The molecule has 0 radical (unpaired) electrons. The number of phenolic OH excluding ortho intramolecular Hbond substituents is 1. The van der Waals surface area contributed by atoms with Gasteiger partial charge in [-0.05, 0) is 83.7 Å². The van der Waals surface area contributed by atoms with Gasteiger partial charge in [-0.15, -0.1) is 0 Å². The first kappa shape index (κ1) is 25.9. The average Bonchev–Trinajstić information content (AvgIpc) is 2.63. The Morgan fingerprint density at radius 3 is 1.80 bits per heavy atom. The van der Waals surface area contributed by atoms with E-state index < -0.39 is 9.84 Å². The van der Waals surface area contributed by atoms with Crippen LogP contribution < -0.4 is 11.5 Å². The van der Waals surface area contributed by atoms with Crippen LogP contribution in [0.4, 0.5) is 5.69 Å². The van der Waals surface area contributed by atoms with Gasteiger partial charge in [0.15, 0.2) is 9.84 Å². The number of rotatable bonds is 3. The van der Waals surface area contributed by atoms with E-state index in [9.17, 15) is 8.42 Å². The van der Waals surface area contributed by atoms with Crippen molar-refractivity contribution in [1.29, 1.82) is 0 Å². The lowest BCUT2D eigenvalue weighted by atomic mass is 10.1. The Balaban J connectivity index is 0.000000226. The fraction of sp³-hybridized carbons (Fsp3) is 0.167. The minimum absolute atomic E-state index is 0.000000000000000444. The highest BCUT2D eigenvalue weighted by Gasteiger charge is 2.05. The molecule has 162 valence electrons. The number of hydrogen-bond acceptors (Lipinski definition) is 8. The molecule has 0 fully saturated rings. The molecular formula is C18H20Cl3N5O3S. The van der Waals surface area contributed by atoms with E-state index in [4.69, 9.17) is 51.4 Å². The maximum absolute atomic E-state index is 10.9. The first-order valence-corrected chi connectivity index (χ1v) is 11.3. The second kappa shape index (κ2) is 12.5. The summed E-state index contributed by atoms with van der Waals surface area (Å²) in [5.74, 6) is 0.306. The third-order valence-electron chi connectivity index (χ3n) is 3.21. The lowest BCUT2D eigenvalue weighted by Crippen LogP contribution is -2.01. The highest BCUT2D eigenvalue weighted by Crippen LogP contribution is 2.12. The van der Waals surface area contributed by atoms with Gasteiger partial charge in [0.05, 0.1) is 4.90 Å². The monoisotopic (exact) mass is 491 g/mol. The van der Waals surface area contributed by atoms with E-state index in [1.54, 1.807) is 24.3 Å². The molecule has 0 saturated heterocycles. The lowest BCUT2D eigenvalue weighted by molar-refractivity contribution is 0.475. The number of aromatic nitrogens is 3. The van der Waals surface area contributed by atoms with Crippen molar-refractivity contribution >= 4 is 50.3 Å². The number of nitrogen functional groups attached to an aromatic ring is 1. The van der Waals surface area contributed by atoms with Crippen LogP contribution in [0.1, 0.15) is 5.56 Å². The summed E-state index contributed by atoms with van der Waals surface area (Å²) < 4.78 is 21.9. The number of halogens is 3. The van der Waals surface area contributed by atoms with E-state index in [0.717, 1.165) is 12.7 Å². The van der Waals surface area contributed by atoms with Gasteiger partial charge in [0.2, 0.25) is 15.9 Å². The summed E-state index contributed by atoms with van der Waals surface area (Å²) in [6.07, 6.45) is 2.03. The van der Waals surface area contributed by atoms with Gasteiger partial charge in [0.1, 0.15) is 5.75 Å². The molecule has 1 aromatic heterocycles. The zero-order valence-electron chi connectivity index (χ0n) is 15.8. The number of phenols is 1. The topological polar surface area (TPSA) is 145 Å². The van der Waals surface area contributed by atoms with Crippen molar-refractivity contribution in [3.05, 3.63) is 69.9 Å². The molecule has 3 aromatic rings. The lowest BCUT2D eigenvalue weighted by Gasteiger charge is -1.97. The van der Waals surface area contributed by atoms with E-state index in [1.165, 1.54) is 17.7 Å². The van der Waals surface area contributed by atoms with Gasteiger partial charge in [0, 0.05) is 11.9 Å². The molecule has 0 aliphatic carbocycles. The van der Waals surface area contributed by atoms with Crippen molar-refractivity contribution in [3.8, 4) is 5.75 Å². The summed E-state index contributed by atoms with van der Waals surface area (Å²) in [4.78, 5) is 10.6. The van der Waals surface area contributed by atoms with E-state index in [-0.39, 0.29) is 20.7 Å². The number of nitrogens with two attached hydrogens (primary N) is 2. The molecule has 0 spiro atoms. The van der Waals surface area contributed by atoms with Crippen LogP contribution >= 0.6 is 34.8 Å². The first-order chi connectivity index (χ1) is 14.0. The number of hydrogen-bond donors (Lipinski definition) is 3. The van der Waals surface area contributed by atoms with Crippen LogP contribution in [0, 0.1) is 0 Å². The zero-order valence-corrected chi connectivity index (χ0v) is 18.9. The van der Waals surface area contributed by atoms with E-state index in [1.807, 2.05) is 12.1 Å². The predicted molar refractivity (Wildman–Crippen MR) is 120 cm³/mol. The van der Waals surface area contributed by atoms with Crippen molar-refractivity contribution in [3.63, 3.8) is 0 Å². The molecule has 30 heavy (non-hydrogen) atoms. The maximum Gasteiger partial charge on any atom is 0.227 e. The Kier molecular flexibility index (Phi) is 10.8. The molecule has 0 unspecified atom stereocenters. The van der Waals surface area contributed by atoms with Crippen LogP contribution in [0.25, 0.3) is 0 Å². The Morgan fingerprint density at radius 1 is 0.933 bits per heavy atom. The fourth-order valence-corrected chi connectivity index (χ4v) is 3.16. The molecule has 2 aromatic carbocycles. The molecule has 12 heteroatoms. The summed E-state index contributed by atoms with van der Waals surface area (Å²) in [6, 6.07) is 13.3. The Morgan fingerprint density at radius 2 is 1.43 bits per heavy atom. The molecule has 3 rings (SSSR count). The molecule has 0 aliphatic heterocycles. The molecule has 0 amide bonds. The van der Waals surface area contributed by atoms with Crippen LogP contribution in [0.2, 0.25) is 15.9 Å². The van der Waals surface area contributed by atoms with Gasteiger partial charge < -0.3 is 16.6 Å². The smallest absolute Gasteiger partial charge is 0.227 e. The van der Waals surface area contributed by atoms with E-state index in [2.05, 4.69) is 15.0 Å². The third kappa shape index (κ3) is 10.6. The van der Waals surface area contributed by atoms with Gasteiger partial charge in [0.25, 0.3) is 0 Å². The van der Waals surface area contributed by atoms with Crippen molar-refractivity contribution in [1.82, 2.24) is 15.0 Å². The largest absolute Gasteiger partial charge is 0.508 e. The standard InChI is InChI=1S/C8H11NO.C7H9NO2S.C3Cl3N3/c9-6-5-7-1-3-8(10)4-2-7;1-11(9,10)7-4-2-3-6(8)5-7;4-1-7-2(5)9-3(6)8-1/h1-4,10H,5-6,9H2;2-5H,8H2,1H3;. The van der Waals surface area contributed by atoms with Crippen molar-refractivity contribution in [2.45, 2.75) is 11.3 Å². The Hall–Kier alpha value is -2.17. The van der Waals surface area contributed by atoms with Gasteiger partial charge in [-0.25, -0.2) is 8.42 Å². The zero-order chi connectivity index (χ0) is 22.7. The maximum atomic E-state index is 10.9. The number of nitrogens with zero attached hydrogens (tertiary/aromatic N) is 3. The number of sulfone groups is 1. The molecule has 0 saturated carbocycles. The minimum Gasteiger partial charge on any atom is -0.508 e. The van der Waals surface area contributed by atoms with Crippen LogP contribution in [0.15, 0.2) is 53.4 Å². The number of aromatic hydroxyl groups is 1. The average molecular weight is 493 g/mol. The summed E-state index contributed by atoms with van der Waals surface area (Å²) in [5.41, 5.74) is 12.4. The minimum atomic E-state index is -3.11. The van der Waals surface area contributed by atoms with Crippen molar-refractivity contribution in [2.75, 3.05) is 18.5 Å². The molecule has 0 atom stereocenters. The van der Waals surface area contributed by atoms with Crippen LogP contribution in [-0.4, -0.2) is 41.3 Å². The second-order valence-electron chi connectivity index (χ2n) is 5.69. The Labute approximate surface area is 189 Å². The van der Waals surface area contributed by atoms with Gasteiger partial charge >= 0.3 is 0 Å². The normalized spacial score (nSPS) is 10.3. The molecule has 0 bridgehead atoms. The van der Waals surface area contributed by atoms with Gasteiger partial charge in [-0.1, -0.05) is 18.2 Å². The van der Waals surface area contributed by atoms with Crippen molar-refractivity contribution < 1.29 is 13.5 Å². The van der Waals surface area contributed by atoms with Crippen LogP contribution in [0.3, 0.4) is 0 Å². The number of anilines is 1. The van der Waals surface area contributed by atoms with Crippen LogP contribution in [0.5, 0.6) is 5.75 Å². The Bertz CT molecular complexity index is 1000. The summed E-state index contributed by atoms with van der Waals surface area (Å²) >= 11 is 16.0. The molecule has 5 N–H and O–H groups in total. The summed E-state index contributed by atoms with van der Waals surface area (Å²) in [7, 11) is -3.11. The summed E-state index contributed by atoms with van der Waals surface area (Å²) in [5, 5.41) is 8.89. The molecule has 8 nitrogen and oxygen atoms in total. The quantitative estimate of drug-likeness (QED) is 0.472. The van der Waals surface area contributed by atoms with Gasteiger partial charge in [-0.3, -0.25) is 0 Å². The predicted octanol–water partition coefficient (Wildman–Crippen LogP) is 3.40. The van der Waals surface area contributed by atoms with E-state index >= 15 is 0 Å².